The van der Waals surface area contributed by atoms with E-state index in [-0.39, 0.29) is 5.65 Å². The first-order valence-corrected chi connectivity index (χ1v) is 7.73. The highest BCUT2D eigenvalue weighted by molar-refractivity contribution is 5.89. The van der Waals surface area contributed by atoms with Gasteiger partial charge in [0.25, 0.3) is 0 Å². The van der Waals surface area contributed by atoms with Crippen molar-refractivity contribution >= 4 is 23.0 Å². The first-order valence-electron chi connectivity index (χ1n) is 7.73. The van der Waals surface area contributed by atoms with Gasteiger partial charge in [0.1, 0.15) is 11.3 Å². The number of anilines is 1. The minimum Gasteiger partial charge on any atom is -0.338 e. The predicted molar refractivity (Wildman–Crippen MR) is 90.5 cm³/mol. The predicted octanol–water partition coefficient (Wildman–Crippen LogP) is 3.85. The molecule has 0 saturated carbocycles. The van der Waals surface area contributed by atoms with Gasteiger partial charge in [-0.1, -0.05) is 12.1 Å². The van der Waals surface area contributed by atoms with Crippen LogP contribution in [-0.2, 0) is 6.18 Å². The Morgan fingerprint density at radius 1 is 1.08 bits per heavy atom. The van der Waals surface area contributed by atoms with Crippen molar-refractivity contribution < 1.29 is 18.0 Å². The standard InChI is InChI=1S/C17H14F3N5O/c1-2-21-16(26)25-14-8-7-12-15(24-14)23-13(9-22-12)10-3-5-11(6-4-10)17(18,19)20/h3-9H,2H2,1H3,(H2,21,23,24,25,26). The van der Waals surface area contributed by atoms with Gasteiger partial charge in [-0.25, -0.2) is 14.8 Å². The molecule has 0 aliphatic carbocycles. The molecule has 2 amide bonds. The molecule has 0 spiro atoms. The molecule has 9 heteroatoms. The minimum absolute atomic E-state index is 0.275. The minimum atomic E-state index is -4.39. The van der Waals surface area contributed by atoms with Crippen LogP contribution in [0.1, 0.15) is 12.5 Å². The Kier molecular flexibility index (Phi) is 4.70. The van der Waals surface area contributed by atoms with E-state index < -0.39 is 17.8 Å². The van der Waals surface area contributed by atoms with Crippen molar-refractivity contribution in [3.05, 3.63) is 48.2 Å². The summed E-state index contributed by atoms with van der Waals surface area (Å²) in [5.74, 6) is 0.294. The number of alkyl halides is 3. The zero-order valence-corrected chi connectivity index (χ0v) is 13.6. The Balaban J connectivity index is 1.91. The van der Waals surface area contributed by atoms with Crippen molar-refractivity contribution in [1.82, 2.24) is 20.3 Å². The van der Waals surface area contributed by atoms with Crippen molar-refractivity contribution in [2.45, 2.75) is 13.1 Å². The Morgan fingerprint density at radius 3 is 2.46 bits per heavy atom. The molecule has 26 heavy (non-hydrogen) atoms. The molecule has 0 fully saturated rings. The number of pyridine rings is 1. The highest BCUT2D eigenvalue weighted by Gasteiger charge is 2.30. The third-order valence-corrected chi connectivity index (χ3v) is 3.49. The summed E-state index contributed by atoms with van der Waals surface area (Å²) in [7, 11) is 0. The monoisotopic (exact) mass is 361 g/mol. The average molecular weight is 361 g/mol. The number of rotatable bonds is 3. The van der Waals surface area contributed by atoms with Crippen LogP contribution in [0.4, 0.5) is 23.8 Å². The molecule has 0 saturated heterocycles. The molecule has 2 heterocycles. The second-order valence-electron chi connectivity index (χ2n) is 5.35. The molecule has 0 radical (unpaired) electrons. The summed E-state index contributed by atoms with van der Waals surface area (Å²) in [4.78, 5) is 24.3. The number of aromatic nitrogens is 3. The third kappa shape index (κ3) is 3.88. The maximum absolute atomic E-state index is 12.7. The molecule has 0 bridgehead atoms. The lowest BCUT2D eigenvalue weighted by Crippen LogP contribution is -2.28. The molecule has 0 atom stereocenters. The van der Waals surface area contributed by atoms with E-state index >= 15 is 0 Å². The third-order valence-electron chi connectivity index (χ3n) is 3.49. The quantitative estimate of drug-likeness (QED) is 0.743. The summed E-state index contributed by atoms with van der Waals surface area (Å²) in [6.45, 7) is 2.26. The van der Waals surface area contributed by atoms with Crippen molar-refractivity contribution in [3.8, 4) is 11.3 Å². The number of nitrogens with zero attached hydrogens (tertiary/aromatic N) is 3. The van der Waals surface area contributed by atoms with Crippen molar-refractivity contribution in [3.63, 3.8) is 0 Å². The summed E-state index contributed by atoms with van der Waals surface area (Å²) in [5.41, 5.74) is 0.908. The van der Waals surface area contributed by atoms with Gasteiger partial charge in [-0.2, -0.15) is 13.2 Å². The normalized spacial score (nSPS) is 11.4. The fourth-order valence-corrected chi connectivity index (χ4v) is 2.26. The Morgan fingerprint density at radius 2 is 1.81 bits per heavy atom. The smallest absolute Gasteiger partial charge is 0.338 e. The summed E-state index contributed by atoms with van der Waals surface area (Å²) in [6.07, 6.45) is -2.93. The Bertz CT molecular complexity index is 941. The maximum atomic E-state index is 12.7. The van der Waals surface area contributed by atoms with Crippen LogP contribution in [0.2, 0.25) is 0 Å². The second kappa shape index (κ2) is 6.95. The van der Waals surface area contributed by atoms with Crippen molar-refractivity contribution in [2.24, 2.45) is 0 Å². The van der Waals surface area contributed by atoms with Gasteiger partial charge >= 0.3 is 12.2 Å². The van der Waals surface area contributed by atoms with Crippen molar-refractivity contribution in [1.29, 1.82) is 0 Å². The van der Waals surface area contributed by atoms with Crippen LogP contribution >= 0.6 is 0 Å². The number of carbonyl (C=O) groups is 1. The number of hydrogen-bond donors (Lipinski definition) is 2. The van der Waals surface area contributed by atoms with E-state index in [4.69, 9.17) is 0 Å². The molecule has 1 aromatic carbocycles. The molecule has 6 nitrogen and oxygen atoms in total. The zero-order valence-electron chi connectivity index (χ0n) is 13.6. The Hall–Kier alpha value is -3.23. The summed E-state index contributed by atoms with van der Waals surface area (Å²) < 4.78 is 38.0. The summed E-state index contributed by atoms with van der Waals surface area (Å²) >= 11 is 0. The van der Waals surface area contributed by atoms with E-state index in [0.29, 0.717) is 29.1 Å². The first kappa shape index (κ1) is 17.6. The van der Waals surface area contributed by atoms with Crippen LogP contribution in [0.5, 0.6) is 0 Å². The van der Waals surface area contributed by atoms with Crippen LogP contribution in [-0.4, -0.2) is 27.5 Å². The van der Waals surface area contributed by atoms with Gasteiger partial charge in [0.2, 0.25) is 0 Å². The van der Waals surface area contributed by atoms with Crippen LogP contribution in [0.3, 0.4) is 0 Å². The number of halogens is 3. The number of benzene rings is 1. The van der Waals surface area contributed by atoms with E-state index in [0.717, 1.165) is 12.1 Å². The lowest BCUT2D eigenvalue weighted by atomic mass is 10.1. The van der Waals surface area contributed by atoms with Gasteiger partial charge in [-0.3, -0.25) is 10.3 Å². The topological polar surface area (TPSA) is 79.8 Å². The highest BCUT2D eigenvalue weighted by atomic mass is 19.4. The van der Waals surface area contributed by atoms with Crippen LogP contribution < -0.4 is 10.6 Å². The van der Waals surface area contributed by atoms with Gasteiger partial charge < -0.3 is 5.32 Å². The Labute approximate surface area is 146 Å². The molecule has 0 aliphatic heterocycles. The fraction of sp³-hybridized carbons (Fsp3) is 0.176. The number of amides is 2. The fourth-order valence-electron chi connectivity index (χ4n) is 2.26. The molecular weight excluding hydrogens is 347 g/mol. The molecule has 3 aromatic rings. The van der Waals surface area contributed by atoms with E-state index in [1.54, 1.807) is 19.1 Å². The second-order valence-corrected chi connectivity index (χ2v) is 5.35. The lowest BCUT2D eigenvalue weighted by Gasteiger charge is -2.08. The van der Waals surface area contributed by atoms with Gasteiger partial charge in [0, 0.05) is 12.1 Å². The molecular formula is C17H14F3N5O. The number of nitrogens with one attached hydrogen (secondary N) is 2. The molecule has 134 valence electrons. The summed E-state index contributed by atoms with van der Waals surface area (Å²) in [6, 6.07) is 7.47. The van der Waals surface area contributed by atoms with E-state index in [9.17, 15) is 18.0 Å². The van der Waals surface area contributed by atoms with Crippen molar-refractivity contribution in [2.75, 3.05) is 11.9 Å². The van der Waals surface area contributed by atoms with E-state index in [1.165, 1.54) is 18.3 Å². The average Bonchev–Trinajstić information content (AvgIpc) is 2.60. The van der Waals surface area contributed by atoms with Gasteiger partial charge in [-0.05, 0) is 31.2 Å². The largest absolute Gasteiger partial charge is 0.416 e. The molecule has 2 N–H and O–H groups in total. The molecule has 0 unspecified atom stereocenters. The summed E-state index contributed by atoms with van der Waals surface area (Å²) in [5, 5.41) is 5.14. The zero-order chi connectivity index (χ0) is 18.7. The first-order chi connectivity index (χ1) is 12.4. The number of carbonyl (C=O) groups excluding carboxylic acids is 1. The number of fused-ring (bicyclic) bond motifs is 1. The van der Waals surface area contributed by atoms with Gasteiger partial charge in [-0.15, -0.1) is 0 Å². The van der Waals surface area contributed by atoms with Crippen LogP contribution in [0, 0.1) is 0 Å². The highest BCUT2D eigenvalue weighted by Crippen LogP contribution is 2.30. The molecule has 2 aromatic heterocycles. The number of urea groups is 1. The molecule has 3 rings (SSSR count). The maximum Gasteiger partial charge on any atom is 0.416 e. The van der Waals surface area contributed by atoms with Crippen LogP contribution in [0.15, 0.2) is 42.6 Å². The van der Waals surface area contributed by atoms with E-state index in [1.807, 2.05) is 0 Å². The lowest BCUT2D eigenvalue weighted by molar-refractivity contribution is -0.137. The van der Waals surface area contributed by atoms with Crippen LogP contribution in [0.25, 0.3) is 22.4 Å². The number of hydrogen-bond acceptors (Lipinski definition) is 4. The van der Waals surface area contributed by atoms with Gasteiger partial charge in [0.15, 0.2) is 5.65 Å². The van der Waals surface area contributed by atoms with E-state index in [2.05, 4.69) is 25.6 Å². The van der Waals surface area contributed by atoms with Gasteiger partial charge in [0.05, 0.1) is 17.5 Å². The SMILES string of the molecule is CCNC(=O)Nc1ccc2ncc(-c3ccc(C(F)(F)F)cc3)nc2n1. The molecule has 0 aliphatic rings.